The third-order valence-corrected chi connectivity index (χ3v) is 3.55. The molecule has 3 rings (SSSR count). The van der Waals surface area contributed by atoms with Crippen molar-refractivity contribution in [2.24, 2.45) is 0 Å². The molecule has 0 unspecified atom stereocenters. The maximum Gasteiger partial charge on any atom is 0.254 e. The van der Waals surface area contributed by atoms with Crippen molar-refractivity contribution < 1.29 is 4.79 Å². The third-order valence-electron chi connectivity index (χ3n) is 3.55. The summed E-state index contributed by atoms with van der Waals surface area (Å²) in [6.45, 7) is 1.65. The Morgan fingerprint density at radius 1 is 1.26 bits per heavy atom. The van der Waals surface area contributed by atoms with Crippen molar-refractivity contribution in [2.75, 3.05) is 6.54 Å². The summed E-state index contributed by atoms with van der Waals surface area (Å²) in [7, 11) is 0. The van der Waals surface area contributed by atoms with Crippen molar-refractivity contribution in [3.63, 3.8) is 0 Å². The highest BCUT2D eigenvalue weighted by molar-refractivity contribution is 5.94. The van der Waals surface area contributed by atoms with Gasteiger partial charge in [-0.1, -0.05) is 0 Å². The van der Waals surface area contributed by atoms with Gasteiger partial charge in [0.15, 0.2) is 0 Å². The van der Waals surface area contributed by atoms with E-state index >= 15 is 0 Å². The molecule has 1 aliphatic rings. The maximum absolute atomic E-state index is 12.5. The average molecular weight is 256 g/mol. The lowest BCUT2D eigenvalue weighted by Crippen LogP contribution is -2.37. The minimum atomic E-state index is 0.102. The Balaban J connectivity index is 1.74. The summed E-state index contributed by atoms with van der Waals surface area (Å²) in [5.74, 6) is 0.102. The molecule has 19 heavy (non-hydrogen) atoms. The Labute approximate surface area is 111 Å². The average Bonchev–Trinajstić information content (AvgIpc) is 3.11. The highest BCUT2D eigenvalue weighted by Crippen LogP contribution is 2.21. The van der Waals surface area contributed by atoms with E-state index in [1.54, 1.807) is 37.1 Å². The minimum absolute atomic E-state index is 0.102. The number of rotatable bonds is 3. The zero-order chi connectivity index (χ0) is 13.1. The third kappa shape index (κ3) is 2.50. The number of nitrogens with zero attached hydrogens (tertiary/aromatic N) is 4. The molecule has 0 aliphatic carbocycles. The van der Waals surface area contributed by atoms with Crippen molar-refractivity contribution in [3.8, 4) is 0 Å². The standard InChI is InChI=1S/C14H16N4O/c19-14(12-3-5-15-6-4-12)18-8-1-2-13(18)10-17-9-7-16-11-17/h3-7,9,11,13H,1-2,8,10H2/t13-/m1/s1. The molecule has 0 saturated carbocycles. The molecule has 2 aromatic heterocycles. The van der Waals surface area contributed by atoms with Gasteiger partial charge in [-0.3, -0.25) is 9.78 Å². The van der Waals surface area contributed by atoms with Crippen LogP contribution in [0.25, 0.3) is 0 Å². The molecule has 1 fully saturated rings. The zero-order valence-corrected chi connectivity index (χ0v) is 10.6. The molecule has 0 radical (unpaired) electrons. The zero-order valence-electron chi connectivity index (χ0n) is 10.6. The number of hydrogen-bond acceptors (Lipinski definition) is 3. The molecule has 98 valence electrons. The molecular formula is C14H16N4O. The van der Waals surface area contributed by atoms with Crippen LogP contribution in [0.5, 0.6) is 0 Å². The molecule has 0 bridgehead atoms. The van der Waals surface area contributed by atoms with Crippen molar-refractivity contribution in [2.45, 2.75) is 25.4 Å². The summed E-state index contributed by atoms with van der Waals surface area (Å²) in [4.78, 5) is 22.4. The fraction of sp³-hybridized carbons (Fsp3) is 0.357. The highest BCUT2D eigenvalue weighted by atomic mass is 16.2. The number of carbonyl (C=O) groups is 1. The molecule has 5 heteroatoms. The first kappa shape index (κ1) is 11.9. The second-order valence-electron chi connectivity index (χ2n) is 4.79. The van der Waals surface area contributed by atoms with Crippen LogP contribution in [0.1, 0.15) is 23.2 Å². The molecule has 0 spiro atoms. The van der Waals surface area contributed by atoms with Gasteiger partial charge in [0, 0.05) is 49.5 Å². The second-order valence-corrected chi connectivity index (χ2v) is 4.79. The Bertz CT molecular complexity index is 538. The molecule has 0 N–H and O–H groups in total. The van der Waals surface area contributed by atoms with Crippen molar-refractivity contribution in [1.82, 2.24) is 19.4 Å². The van der Waals surface area contributed by atoms with Gasteiger partial charge >= 0.3 is 0 Å². The first-order valence-corrected chi connectivity index (χ1v) is 6.51. The molecule has 1 atom stereocenters. The van der Waals surface area contributed by atoms with Gasteiger partial charge in [0.25, 0.3) is 5.91 Å². The van der Waals surface area contributed by atoms with Gasteiger partial charge in [-0.05, 0) is 25.0 Å². The Morgan fingerprint density at radius 3 is 2.84 bits per heavy atom. The SMILES string of the molecule is O=C(c1ccncc1)N1CCC[C@@H]1Cn1ccnc1. The van der Waals surface area contributed by atoms with Crippen LogP contribution in [0.4, 0.5) is 0 Å². The minimum Gasteiger partial charge on any atom is -0.335 e. The Hall–Kier alpha value is -2.17. The predicted octanol–water partition coefficient (Wildman–Crippen LogP) is 1.58. The van der Waals surface area contributed by atoms with Gasteiger partial charge in [-0.25, -0.2) is 4.98 Å². The molecule has 1 saturated heterocycles. The molecule has 3 heterocycles. The topological polar surface area (TPSA) is 51.0 Å². The van der Waals surface area contributed by atoms with Crippen molar-refractivity contribution >= 4 is 5.91 Å². The van der Waals surface area contributed by atoms with Gasteiger partial charge in [-0.2, -0.15) is 0 Å². The van der Waals surface area contributed by atoms with Crippen LogP contribution >= 0.6 is 0 Å². The number of aromatic nitrogens is 3. The fourth-order valence-corrected chi connectivity index (χ4v) is 2.59. The summed E-state index contributed by atoms with van der Waals surface area (Å²) in [5.41, 5.74) is 0.715. The lowest BCUT2D eigenvalue weighted by Gasteiger charge is -2.25. The smallest absolute Gasteiger partial charge is 0.254 e. The van der Waals surface area contributed by atoms with E-state index in [4.69, 9.17) is 0 Å². The van der Waals surface area contributed by atoms with Crippen molar-refractivity contribution in [3.05, 3.63) is 48.8 Å². The van der Waals surface area contributed by atoms with Gasteiger partial charge < -0.3 is 9.47 Å². The number of carbonyl (C=O) groups excluding carboxylic acids is 1. The molecule has 1 amide bonds. The lowest BCUT2D eigenvalue weighted by molar-refractivity contribution is 0.0724. The van der Waals surface area contributed by atoms with E-state index in [0.29, 0.717) is 5.56 Å². The van der Waals surface area contributed by atoms with Gasteiger partial charge in [-0.15, -0.1) is 0 Å². The number of hydrogen-bond donors (Lipinski definition) is 0. The second kappa shape index (κ2) is 5.22. The van der Waals surface area contributed by atoms with E-state index in [1.165, 1.54) is 0 Å². The largest absolute Gasteiger partial charge is 0.335 e. The fourth-order valence-electron chi connectivity index (χ4n) is 2.59. The predicted molar refractivity (Wildman–Crippen MR) is 70.5 cm³/mol. The first-order valence-electron chi connectivity index (χ1n) is 6.51. The van der Waals surface area contributed by atoms with Gasteiger partial charge in [0.05, 0.1) is 6.33 Å². The Morgan fingerprint density at radius 2 is 2.11 bits per heavy atom. The molecule has 0 aromatic carbocycles. The van der Waals surface area contributed by atoms with Gasteiger partial charge in [0.2, 0.25) is 0 Å². The molecule has 2 aromatic rings. The normalized spacial score (nSPS) is 18.7. The lowest BCUT2D eigenvalue weighted by atomic mass is 10.2. The van der Waals surface area contributed by atoms with Crippen LogP contribution in [0.2, 0.25) is 0 Å². The van der Waals surface area contributed by atoms with E-state index in [1.807, 2.05) is 15.7 Å². The summed E-state index contributed by atoms with van der Waals surface area (Å²) in [6, 6.07) is 3.80. The van der Waals surface area contributed by atoms with Crippen LogP contribution in [-0.4, -0.2) is 37.9 Å². The van der Waals surface area contributed by atoms with Crippen LogP contribution in [-0.2, 0) is 6.54 Å². The number of likely N-dealkylation sites (tertiary alicyclic amines) is 1. The van der Waals surface area contributed by atoms with Crippen molar-refractivity contribution in [1.29, 1.82) is 0 Å². The summed E-state index contributed by atoms with van der Waals surface area (Å²) in [6.07, 6.45) is 10.9. The highest BCUT2D eigenvalue weighted by Gasteiger charge is 2.29. The number of imidazole rings is 1. The van der Waals surface area contributed by atoms with Gasteiger partial charge in [0.1, 0.15) is 0 Å². The van der Waals surface area contributed by atoms with Crippen LogP contribution in [0.3, 0.4) is 0 Å². The summed E-state index contributed by atoms with van der Waals surface area (Å²) in [5, 5.41) is 0. The molecular weight excluding hydrogens is 240 g/mol. The maximum atomic E-state index is 12.5. The van der Waals surface area contributed by atoms with E-state index in [9.17, 15) is 4.79 Å². The van der Waals surface area contributed by atoms with E-state index in [-0.39, 0.29) is 11.9 Å². The monoisotopic (exact) mass is 256 g/mol. The number of amides is 1. The van der Waals surface area contributed by atoms with Crippen LogP contribution in [0, 0.1) is 0 Å². The number of pyridine rings is 1. The summed E-state index contributed by atoms with van der Waals surface area (Å²) < 4.78 is 2.03. The Kier molecular flexibility index (Phi) is 3.27. The molecule has 5 nitrogen and oxygen atoms in total. The van der Waals surface area contributed by atoms with E-state index in [2.05, 4.69) is 9.97 Å². The van der Waals surface area contributed by atoms with Crippen LogP contribution in [0.15, 0.2) is 43.2 Å². The van der Waals surface area contributed by atoms with E-state index < -0.39 is 0 Å². The summed E-state index contributed by atoms with van der Waals surface area (Å²) >= 11 is 0. The van der Waals surface area contributed by atoms with E-state index in [0.717, 1.165) is 25.9 Å². The van der Waals surface area contributed by atoms with Crippen LogP contribution < -0.4 is 0 Å². The molecule has 1 aliphatic heterocycles. The quantitative estimate of drug-likeness (QED) is 0.837. The first-order chi connectivity index (χ1) is 9.34.